The van der Waals surface area contributed by atoms with Gasteiger partial charge in [0.25, 0.3) is 10.0 Å². The van der Waals surface area contributed by atoms with Crippen LogP contribution in [0.2, 0.25) is 0 Å². The molecule has 3 aromatic carbocycles. The van der Waals surface area contributed by atoms with Crippen LogP contribution in [0.15, 0.2) is 77.7 Å². The summed E-state index contributed by atoms with van der Waals surface area (Å²) in [5, 5.41) is 2.88. The summed E-state index contributed by atoms with van der Waals surface area (Å²) in [6.07, 6.45) is 4.46. The summed E-state index contributed by atoms with van der Waals surface area (Å²) < 4.78 is 42.0. The van der Waals surface area contributed by atoms with E-state index in [-0.39, 0.29) is 16.6 Å². The maximum Gasteiger partial charge on any atom is 0.264 e. The Morgan fingerprint density at radius 1 is 0.970 bits per heavy atom. The highest BCUT2D eigenvalue weighted by molar-refractivity contribution is 7.92. The Bertz CT molecular complexity index is 1250. The molecule has 1 aliphatic carbocycles. The minimum Gasteiger partial charge on any atom is -0.348 e. The number of hydrogen-bond donors (Lipinski definition) is 1. The lowest BCUT2D eigenvalue weighted by atomic mass is 9.89. The molecule has 0 bridgehead atoms. The molecule has 0 aliphatic heterocycles. The van der Waals surface area contributed by atoms with Crippen LogP contribution in [-0.2, 0) is 27.7 Å². The minimum atomic E-state index is -4.15. The summed E-state index contributed by atoms with van der Waals surface area (Å²) in [4.78, 5) is 12.9. The Morgan fingerprint density at radius 3 is 2.36 bits per heavy atom. The first-order chi connectivity index (χ1) is 15.9. The fraction of sp³-hybridized carbons (Fsp3) is 0.269. The number of nitrogens with zero attached hydrogens (tertiary/aromatic N) is 1. The van der Waals surface area contributed by atoms with Gasteiger partial charge in [0.15, 0.2) is 0 Å². The lowest BCUT2D eigenvalue weighted by molar-refractivity contribution is -0.120. The minimum absolute atomic E-state index is 0.0104. The van der Waals surface area contributed by atoms with Crippen LogP contribution in [0.25, 0.3) is 0 Å². The molecule has 0 saturated heterocycles. The van der Waals surface area contributed by atoms with Crippen molar-refractivity contribution in [1.29, 1.82) is 0 Å². The molecule has 0 aromatic heterocycles. The molecule has 1 amide bonds. The van der Waals surface area contributed by atoms with Crippen LogP contribution < -0.4 is 9.62 Å². The van der Waals surface area contributed by atoms with Crippen molar-refractivity contribution in [3.63, 3.8) is 0 Å². The molecule has 0 spiro atoms. The third-order valence-corrected chi connectivity index (χ3v) is 7.76. The van der Waals surface area contributed by atoms with Gasteiger partial charge in [0.2, 0.25) is 5.91 Å². The van der Waals surface area contributed by atoms with Crippen molar-refractivity contribution in [2.24, 2.45) is 0 Å². The second kappa shape index (κ2) is 9.75. The molecule has 1 unspecified atom stereocenters. The summed E-state index contributed by atoms with van der Waals surface area (Å²) in [6.45, 7) is 1.33. The average molecular weight is 467 g/mol. The van der Waals surface area contributed by atoms with Crippen molar-refractivity contribution in [3.05, 3.63) is 95.3 Å². The van der Waals surface area contributed by atoms with Gasteiger partial charge in [0.1, 0.15) is 12.4 Å². The number of rotatable bonds is 7. The molecule has 33 heavy (non-hydrogen) atoms. The van der Waals surface area contributed by atoms with Crippen molar-refractivity contribution in [1.82, 2.24) is 5.32 Å². The zero-order chi connectivity index (χ0) is 23.4. The zero-order valence-corrected chi connectivity index (χ0v) is 19.3. The summed E-state index contributed by atoms with van der Waals surface area (Å²) in [7, 11) is -4.15. The molecule has 172 valence electrons. The fourth-order valence-electron chi connectivity index (χ4n) is 4.20. The number of sulfonamides is 1. The normalized spacial score (nSPS) is 14.2. The smallest absolute Gasteiger partial charge is 0.264 e. The molecule has 5 nitrogen and oxygen atoms in total. The van der Waals surface area contributed by atoms with Gasteiger partial charge in [-0.05, 0) is 73.6 Å². The van der Waals surface area contributed by atoms with Crippen molar-refractivity contribution in [2.45, 2.75) is 43.5 Å². The van der Waals surface area contributed by atoms with Crippen LogP contribution >= 0.6 is 0 Å². The zero-order valence-electron chi connectivity index (χ0n) is 18.5. The van der Waals surface area contributed by atoms with Crippen LogP contribution in [0.1, 0.15) is 42.5 Å². The van der Waals surface area contributed by atoms with E-state index in [0.29, 0.717) is 0 Å². The number of anilines is 1. The van der Waals surface area contributed by atoms with Crippen molar-refractivity contribution in [2.75, 3.05) is 10.8 Å². The first kappa shape index (κ1) is 23.0. The predicted octanol–water partition coefficient (Wildman–Crippen LogP) is 4.78. The monoisotopic (exact) mass is 466 g/mol. The van der Waals surface area contributed by atoms with Crippen molar-refractivity contribution < 1.29 is 17.6 Å². The quantitative estimate of drug-likeness (QED) is 0.545. The second-order valence-electron chi connectivity index (χ2n) is 8.30. The van der Waals surface area contributed by atoms with E-state index in [9.17, 15) is 17.6 Å². The van der Waals surface area contributed by atoms with Crippen LogP contribution in [0.3, 0.4) is 0 Å². The van der Waals surface area contributed by atoms with Gasteiger partial charge >= 0.3 is 0 Å². The number of hydrogen-bond acceptors (Lipinski definition) is 3. The summed E-state index contributed by atoms with van der Waals surface area (Å²) in [6, 6.07) is 19.2. The molecular weight excluding hydrogens is 439 g/mol. The number of para-hydroxylation sites is 1. The highest BCUT2D eigenvalue weighted by atomic mass is 32.2. The van der Waals surface area contributed by atoms with E-state index in [1.54, 1.807) is 24.3 Å². The van der Waals surface area contributed by atoms with Gasteiger partial charge in [-0.2, -0.15) is 0 Å². The van der Waals surface area contributed by atoms with Gasteiger partial charge in [0.05, 0.1) is 16.6 Å². The van der Waals surface area contributed by atoms with Crippen LogP contribution in [-0.4, -0.2) is 20.9 Å². The second-order valence-corrected chi connectivity index (χ2v) is 10.2. The van der Waals surface area contributed by atoms with Crippen molar-refractivity contribution in [3.8, 4) is 0 Å². The first-order valence-corrected chi connectivity index (χ1v) is 12.5. The van der Waals surface area contributed by atoms with Gasteiger partial charge < -0.3 is 5.32 Å². The molecular formula is C26H27FN2O3S. The van der Waals surface area contributed by atoms with Crippen molar-refractivity contribution >= 4 is 21.6 Å². The number of amides is 1. The molecule has 0 saturated carbocycles. The number of aryl methyl sites for hydroxylation is 2. The van der Waals surface area contributed by atoms with E-state index in [2.05, 4.69) is 17.4 Å². The van der Waals surface area contributed by atoms with E-state index in [1.807, 2.05) is 13.0 Å². The van der Waals surface area contributed by atoms with Gasteiger partial charge in [0, 0.05) is 0 Å². The van der Waals surface area contributed by atoms with E-state index < -0.39 is 28.3 Å². The third-order valence-electron chi connectivity index (χ3n) is 5.99. The van der Waals surface area contributed by atoms with E-state index in [1.165, 1.54) is 47.9 Å². The fourth-order valence-corrected chi connectivity index (χ4v) is 5.65. The molecule has 0 fully saturated rings. The lowest BCUT2D eigenvalue weighted by Crippen LogP contribution is -2.42. The Balaban J connectivity index is 1.57. The average Bonchev–Trinajstić information content (AvgIpc) is 2.83. The number of benzene rings is 3. The number of halogens is 1. The maximum absolute atomic E-state index is 14.6. The molecule has 4 rings (SSSR count). The SMILES string of the molecule is CC(NC(=O)CN(c1ccccc1F)S(=O)(=O)c1ccccc1)c1ccc2c(c1)CCCC2. The third kappa shape index (κ3) is 5.09. The predicted molar refractivity (Wildman–Crippen MR) is 127 cm³/mol. The largest absolute Gasteiger partial charge is 0.348 e. The summed E-state index contributed by atoms with van der Waals surface area (Å²) >= 11 is 0. The van der Waals surface area contributed by atoms with Gasteiger partial charge in [-0.3, -0.25) is 9.10 Å². The Hall–Kier alpha value is -3.19. The van der Waals surface area contributed by atoms with E-state index in [0.717, 1.165) is 29.1 Å². The Morgan fingerprint density at radius 2 is 1.64 bits per heavy atom. The number of carbonyl (C=O) groups excluding carboxylic acids is 1. The number of carbonyl (C=O) groups is 1. The van der Waals surface area contributed by atoms with Gasteiger partial charge in [-0.25, -0.2) is 12.8 Å². The first-order valence-electron chi connectivity index (χ1n) is 11.1. The lowest BCUT2D eigenvalue weighted by Gasteiger charge is -2.26. The molecule has 0 heterocycles. The van der Waals surface area contributed by atoms with Crippen LogP contribution in [0.5, 0.6) is 0 Å². The Kier molecular flexibility index (Phi) is 6.79. The topological polar surface area (TPSA) is 66.5 Å². The highest BCUT2D eigenvalue weighted by Crippen LogP contribution is 2.27. The standard InChI is InChI=1S/C26H27FN2O3S/c1-19(21-16-15-20-9-5-6-10-22(20)17-21)28-26(30)18-29(25-14-8-7-13-24(25)27)33(31,32)23-11-3-2-4-12-23/h2-4,7-8,11-17,19H,5-6,9-10,18H2,1H3,(H,28,30). The molecule has 0 radical (unpaired) electrons. The van der Waals surface area contributed by atoms with Crippen LogP contribution in [0, 0.1) is 5.82 Å². The number of fused-ring (bicyclic) bond motifs is 1. The molecule has 7 heteroatoms. The van der Waals surface area contributed by atoms with Gasteiger partial charge in [-0.1, -0.05) is 48.5 Å². The molecule has 1 aliphatic rings. The van der Waals surface area contributed by atoms with E-state index >= 15 is 0 Å². The van der Waals surface area contributed by atoms with Gasteiger partial charge in [-0.15, -0.1) is 0 Å². The highest BCUT2D eigenvalue weighted by Gasteiger charge is 2.29. The maximum atomic E-state index is 14.6. The number of nitrogens with one attached hydrogen (secondary N) is 1. The summed E-state index contributed by atoms with van der Waals surface area (Å²) in [5.74, 6) is -1.23. The van der Waals surface area contributed by atoms with Crippen LogP contribution in [0.4, 0.5) is 10.1 Å². The Labute approximate surface area is 194 Å². The molecule has 1 atom stereocenters. The van der Waals surface area contributed by atoms with E-state index in [4.69, 9.17) is 0 Å². The molecule has 3 aromatic rings. The molecule has 1 N–H and O–H groups in total. The summed E-state index contributed by atoms with van der Waals surface area (Å²) in [5.41, 5.74) is 3.45.